The molecule has 0 saturated heterocycles. The number of esters is 1. The highest BCUT2D eigenvalue weighted by atomic mass is 32.1. The Morgan fingerprint density at radius 3 is 2.64 bits per heavy atom. The molecule has 39 heavy (non-hydrogen) atoms. The minimum Gasteiger partial charge on any atom is -0.462 e. The van der Waals surface area contributed by atoms with Crippen molar-refractivity contribution >= 4 is 50.0 Å². The van der Waals surface area contributed by atoms with Gasteiger partial charge in [0, 0.05) is 29.9 Å². The van der Waals surface area contributed by atoms with Gasteiger partial charge in [0.25, 0.3) is 5.91 Å². The maximum absolute atomic E-state index is 13.4. The molecule has 1 aliphatic rings. The van der Waals surface area contributed by atoms with Gasteiger partial charge in [-0.15, -0.1) is 11.3 Å². The number of ether oxygens (including phenoxy) is 1. The van der Waals surface area contributed by atoms with E-state index in [2.05, 4.69) is 22.3 Å². The Kier molecular flexibility index (Phi) is 6.72. The zero-order valence-corrected chi connectivity index (χ0v) is 22.2. The van der Waals surface area contributed by atoms with Crippen molar-refractivity contribution < 1.29 is 18.7 Å². The van der Waals surface area contributed by atoms with Crippen LogP contribution in [-0.2, 0) is 24.2 Å². The van der Waals surface area contributed by atoms with E-state index in [0.717, 1.165) is 34.3 Å². The third-order valence-corrected chi connectivity index (χ3v) is 8.11. The van der Waals surface area contributed by atoms with Crippen molar-refractivity contribution in [1.82, 2.24) is 4.90 Å². The van der Waals surface area contributed by atoms with Crippen molar-refractivity contribution in [3.63, 3.8) is 0 Å². The van der Waals surface area contributed by atoms with E-state index in [1.54, 1.807) is 19.1 Å². The monoisotopic (exact) mass is 538 g/mol. The second kappa shape index (κ2) is 10.5. The van der Waals surface area contributed by atoms with E-state index in [4.69, 9.17) is 9.15 Å². The molecule has 3 heterocycles. The fraction of sp³-hybridized carbons (Fsp3) is 0.194. The van der Waals surface area contributed by atoms with Gasteiger partial charge in [-0.2, -0.15) is 0 Å². The van der Waals surface area contributed by atoms with Crippen LogP contribution in [0, 0.1) is 0 Å². The van der Waals surface area contributed by atoms with Gasteiger partial charge < -0.3 is 14.5 Å². The number of anilines is 1. The number of nitrogens with zero attached hydrogens (tertiary/aromatic N) is 1. The molecule has 0 bridgehead atoms. The van der Waals surface area contributed by atoms with Crippen LogP contribution >= 0.6 is 11.3 Å². The van der Waals surface area contributed by atoms with Crippen LogP contribution < -0.4 is 10.9 Å². The van der Waals surface area contributed by atoms with E-state index in [9.17, 15) is 14.4 Å². The lowest BCUT2D eigenvalue weighted by molar-refractivity contribution is 0.0526. The van der Waals surface area contributed by atoms with Gasteiger partial charge in [0.15, 0.2) is 0 Å². The van der Waals surface area contributed by atoms with Crippen LogP contribution in [0.1, 0.15) is 43.6 Å². The molecule has 1 amide bonds. The average molecular weight is 539 g/mol. The van der Waals surface area contributed by atoms with Crippen molar-refractivity contribution in [3.8, 4) is 0 Å². The lowest BCUT2D eigenvalue weighted by atomic mass is 10.0. The minimum atomic E-state index is -0.733. The first-order chi connectivity index (χ1) is 19.0. The molecule has 2 aromatic heterocycles. The number of hydrogen-bond donors (Lipinski definition) is 1. The predicted molar refractivity (Wildman–Crippen MR) is 152 cm³/mol. The van der Waals surface area contributed by atoms with Crippen LogP contribution in [0.4, 0.5) is 5.00 Å². The van der Waals surface area contributed by atoms with Crippen molar-refractivity contribution in [2.75, 3.05) is 18.5 Å². The van der Waals surface area contributed by atoms with Gasteiger partial charge in [0.2, 0.25) is 0 Å². The van der Waals surface area contributed by atoms with Crippen molar-refractivity contribution in [1.29, 1.82) is 0 Å². The zero-order valence-electron chi connectivity index (χ0n) is 21.4. The summed E-state index contributed by atoms with van der Waals surface area (Å²) in [4.78, 5) is 42.6. The SMILES string of the molecule is CCOC(=O)c1c(NC(=O)c2cc3c(ccc4ccccc43)oc2=O)sc2c1CCN(Cc1ccccc1)C2. The zero-order chi connectivity index (χ0) is 26.9. The first-order valence-electron chi connectivity index (χ1n) is 12.9. The second-order valence-electron chi connectivity index (χ2n) is 9.47. The molecule has 0 saturated carbocycles. The Balaban J connectivity index is 1.34. The molecule has 8 heteroatoms. The number of fused-ring (bicyclic) bond motifs is 4. The molecule has 1 N–H and O–H groups in total. The van der Waals surface area contributed by atoms with Crippen LogP contribution in [0.15, 0.2) is 82.0 Å². The first kappa shape index (κ1) is 25.0. The highest BCUT2D eigenvalue weighted by molar-refractivity contribution is 7.17. The van der Waals surface area contributed by atoms with Crippen molar-refractivity contribution in [2.45, 2.75) is 26.4 Å². The molecule has 6 rings (SSSR count). The maximum atomic E-state index is 13.4. The number of thiophene rings is 1. The Bertz CT molecular complexity index is 1770. The highest BCUT2D eigenvalue weighted by Gasteiger charge is 2.30. The standard InChI is InChI=1S/C31H26N2O5S/c1-2-37-31(36)27-22-14-15-33(17-19-8-4-3-5-9-19)18-26(22)39-29(27)32-28(34)24-16-23-21-11-7-6-10-20(21)12-13-25(23)38-30(24)35/h3-13,16H,2,14-15,17-18H2,1H3,(H,32,34). The van der Waals surface area contributed by atoms with E-state index in [1.807, 2.05) is 48.5 Å². The van der Waals surface area contributed by atoms with Crippen molar-refractivity contribution in [3.05, 3.63) is 110 Å². The summed E-state index contributed by atoms with van der Waals surface area (Å²) in [5, 5.41) is 5.76. The van der Waals surface area contributed by atoms with Crippen molar-refractivity contribution in [2.24, 2.45) is 0 Å². The summed E-state index contributed by atoms with van der Waals surface area (Å²) >= 11 is 1.36. The molecular weight excluding hydrogens is 512 g/mol. The first-order valence-corrected chi connectivity index (χ1v) is 13.7. The van der Waals surface area contributed by atoms with Gasteiger partial charge in [-0.25, -0.2) is 9.59 Å². The number of rotatable bonds is 6. The number of nitrogens with one attached hydrogen (secondary N) is 1. The predicted octanol–water partition coefficient (Wildman–Crippen LogP) is 6.00. The molecular formula is C31H26N2O5S. The molecule has 0 spiro atoms. The second-order valence-corrected chi connectivity index (χ2v) is 10.6. The molecule has 196 valence electrons. The minimum absolute atomic E-state index is 0.120. The highest BCUT2D eigenvalue weighted by Crippen LogP contribution is 2.38. The van der Waals surface area contributed by atoms with Crippen LogP contribution in [0.25, 0.3) is 21.7 Å². The molecule has 7 nitrogen and oxygen atoms in total. The Morgan fingerprint density at radius 2 is 1.82 bits per heavy atom. The van der Waals surface area contributed by atoms with Gasteiger partial charge in [-0.3, -0.25) is 9.69 Å². The number of carbonyl (C=O) groups excluding carboxylic acids is 2. The summed E-state index contributed by atoms with van der Waals surface area (Å²) in [6.45, 7) is 4.20. The Labute approximate surface area is 228 Å². The number of benzene rings is 3. The quantitative estimate of drug-likeness (QED) is 0.162. The van der Waals surface area contributed by atoms with E-state index in [-0.39, 0.29) is 12.2 Å². The average Bonchev–Trinajstić information content (AvgIpc) is 3.30. The Hall–Kier alpha value is -4.27. The largest absolute Gasteiger partial charge is 0.462 e. The molecule has 0 aliphatic carbocycles. The van der Waals surface area contributed by atoms with Crippen LogP contribution in [0.3, 0.4) is 0 Å². The van der Waals surface area contributed by atoms with Crippen LogP contribution in [0.5, 0.6) is 0 Å². The van der Waals surface area contributed by atoms with Gasteiger partial charge in [-0.05, 0) is 47.4 Å². The van der Waals surface area contributed by atoms with Crippen LogP contribution in [0.2, 0.25) is 0 Å². The van der Waals surface area contributed by atoms with E-state index >= 15 is 0 Å². The van der Waals surface area contributed by atoms with Gasteiger partial charge in [0.05, 0.1) is 12.2 Å². The van der Waals surface area contributed by atoms with E-state index < -0.39 is 17.5 Å². The van der Waals surface area contributed by atoms with Gasteiger partial charge in [0.1, 0.15) is 16.1 Å². The summed E-state index contributed by atoms with van der Waals surface area (Å²) < 4.78 is 10.9. The Morgan fingerprint density at radius 1 is 1.03 bits per heavy atom. The molecule has 1 aliphatic heterocycles. The number of carbonyl (C=O) groups is 2. The molecule has 0 fully saturated rings. The molecule has 0 unspecified atom stereocenters. The molecule has 5 aromatic rings. The fourth-order valence-corrected chi connectivity index (χ4v) is 6.41. The summed E-state index contributed by atoms with van der Waals surface area (Å²) in [6.07, 6.45) is 0.660. The number of amides is 1. The third-order valence-electron chi connectivity index (χ3n) is 6.98. The van der Waals surface area contributed by atoms with Gasteiger partial charge in [-0.1, -0.05) is 60.7 Å². The summed E-state index contributed by atoms with van der Waals surface area (Å²) in [7, 11) is 0. The summed E-state index contributed by atoms with van der Waals surface area (Å²) in [5.74, 6) is -1.10. The van der Waals surface area contributed by atoms with Gasteiger partial charge >= 0.3 is 11.6 Å². The fourth-order valence-electron chi connectivity index (χ4n) is 5.14. The molecule has 3 aromatic carbocycles. The lowest BCUT2D eigenvalue weighted by Crippen LogP contribution is -2.30. The topological polar surface area (TPSA) is 88.8 Å². The molecule has 0 atom stereocenters. The molecule has 0 radical (unpaired) electrons. The van der Waals surface area contributed by atoms with E-state index in [0.29, 0.717) is 34.5 Å². The summed E-state index contributed by atoms with van der Waals surface area (Å²) in [5.41, 5.74) is 2.05. The normalized spacial score (nSPS) is 13.4. The number of hydrogen-bond acceptors (Lipinski definition) is 7. The third kappa shape index (κ3) is 4.84. The lowest BCUT2D eigenvalue weighted by Gasteiger charge is -2.27. The smallest absolute Gasteiger partial charge is 0.349 e. The van der Waals surface area contributed by atoms with Crippen LogP contribution in [-0.4, -0.2) is 29.9 Å². The maximum Gasteiger partial charge on any atom is 0.349 e. The summed E-state index contributed by atoms with van der Waals surface area (Å²) in [6, 6.07) is 23.1. The van der Waals surface area contributed by atoms with E-state index in [1.165, 1.54) is 16.9 Å².